The van der Waals surface area contributed by atoms with Crippen LogP contribution in [0.2, 0.25) is 0 Å². The molecule has 1 heterocycles. The normalized spacial score (nSPS) is 15.0. The van der Waals surface area contributed by atoms with Gasteiger partial charge in [0, 0.05) is 13.1 Å². The molecule has 0 radical (unpaired) electrons. The number of hydrogen-bond donors (Lipinski definition) is 3. The Bertz CT molecular complexity index is 635. The number of carbonyl (C=O) groups is 2. The molecule has 2 amide bonds. The lowest BCUT2D eigenvalue weighted by molar-refractivity contribution is -0.123. The average molecular weight is 370 g/mol. The molecule has 0 aliphatic carbocycles. The Hall–Kier alpha value is -1.92. The van der Waals surface area contributed by atoms with Gasteiger partial charge in [0.05, 0.1) is 5.56 Å². The van der Waals surface area contributed by atoms with Crippen molar-refractivity contribution < 1.29 is 14.0 Å². The Labute approximate surface area is 153 Å². The van der Waals surface area contributed by atoms with E-state index >= 15 is 0 Å². The van der Waals surface area contributed by atoms with Gasteiger partial charge in [-0.05, 0) is 31.0 Å². The van der Waals surface area contributed by atoms with Crippen LogP contribution in [0, 0.1) is 11.7 Å². The Morgan fingerprint density at radius 1 is 1.28 bits per heavy atom. The highest BCUT2D eigenvalue weighted by Crippen LogP contribution is 2.09. The van der Waals surface area contributed by atoms with Crippen molar-refractivity contribution in [1.82, 2.24) is 16.0 Å². The number of amides is 2. The molecular weight excluding hydrogens is 345 g/mol. The lowest BCUT2D eigenvalue weighted by Gasteiger charge is -2.23. The van der Waals surface area contributed by atoms with Crippen LogP contribution in [0.5, 0.6) is 0 Å². The molecule has 0 fully saturated rings. The van der Waals surface area contributed by atoms with Crippen LogP contribution in [-0.2, 0) is 4.79 Å². The highest BCUT2D eigenvalue weighted by atomic mass is 35.5. The third kappa shape index (κ3) is 6.14. The molecule has 138 valence electrons. The lowest BCUT2D eigenvalue weighted by atomic mass is 10.0. The van der Waals surface area contributed by atoms with Crippen LogP contribution in [-0.4, -0.2) is 37.5 Å². The van der Waals surface area contributed by atoms with E-state index in [1.165, 1.54) is 23.8 Å². The van der Waals surface area contributed by atoms with Gasteiger partial charge in [-0.3, -0.25) is 9.59 Å². The smallest absolute Gasteiger partial charge is 0.254 e. The van der Waals surface area contributed by atoms with Gasteiger partial charge in [-0.1, -0.05) is 37.6 Å². The number of hydrogen-bond acceptors (Lipinski definition) is 3. The summed E-state index contributed by atoms with van der Waals surface area (Å²) in [6, 6.07) is 5.03. The van der Waals surface area contributed by atoms with E-state index in [2.05, 4.69) is 22.0 Å². The number of carbonyl (C=O) groups excluding carboxylic acids is 2. The van der Waals surface area contributed by atoms with Gasteiger partial charge in [-0.15, -0.1) is 12.4 Å². The van der Waals surface area contributed by atoms with Crippen molar-refractivity contribution in [3.63, 3.8) is 0 Å². The minimum atomic E-state index is -0.709. The Kier molecular flexibility index (Phi) is 8.58. The second-order valence-electron chi connectivity index (χ2n) is 6.21. The number of benzene rings is 1. The van der Waals surface area contributed by atoms with Crippen molar-refractivity contribution in [3.8, 4) is 0 Å². The molecular formula is C18H25ClFN3O2. The summed E-state index contributed by atoms with van der Waals surface area (Å²) in [5.41, 5.74) is 1.11. The van der Waals surface area contributed by atoms with E-state index in [0.29, 0.717) is 6.54 Å². The maximum absolute atomic E-state index is 13.7. The first-order chi connectivity index (χ1) is 11.5. The summed E-state index contributed by atoms with van der Waals surface area (Å²) in [5, 5.41) is 8.71. The summed E-state index contributed by atoms with van der Waals surface area (Å²) < 4.78 is 13.7. The molecule has 1 atom stereocenters. The fraction of sp³-hybridized carbons (Fsp3) is 0.444. The van der Waals surface area contributed by atoms with Crippen LogP contribution in [0.1, 0.15) is 30.6 Å². The Morgan fingerprint density at radius 3 is 2.60 bits per heavy atom. The molecule has 2 rings (SSSR count). The van der Waals surface area contributed by atoms with Crippen LogP contribution < -0.4 is 16.0 Å². The van der Waals surface area contributed by atoms with Crippen LogP contribution in [0.4, 0.5) is 4.39 Å². The van der Waals surface area contributed by atoms with Gasteiger partial charge >= 0.3 is 0 Å². The van der Waals surface area contributed by atoms with E-state index < -0.39 is 17.8 Å². The Morgan fingerprint density at radius 2 is 2.00 bits per heavy atom. The molecule has 25 heavy (non-hydrogen) atoms. The summed E-state index contributed by atoms with van der Waals surface area (Å²) in [7, 11) is 0. The van der Waals surface area contributed by atoms with Gasteiger partial charge in [0.15, 0.2) is 0 Å². The van der Waals surface area contributed by atoms with Crippen molar-refractivity contribution in [1.29, 1.82) is 0 Å². The summed E-state index contributed by atoms with van der Waals surface area (Å²) in [6.07, 6.45) is 2.96. The first-order valence-corrected chi connectivity index (χ1v) is 8.20. The van der Waals surface area contributed by atoms with Crippen LogP contribution >= 0.6 is 12.4 Å². The summed E-state index contributed by atoms with van der Waals surface area (Å²) in [6.45, 7) is 5.87. The number of rotatable bonds is 6. The van der Waals surface area contributed by atoms with Gasteiger partial charge in [-0.25, -0.2) is 4.39 Å². The zero-order valence-corrected chi connectivity index (χ0v) is 15.3. The van der Waals surface area contributed by atoms with Crippen molar-refractivity contribution in [3.05, 3.63) is 47.3 Å². The highest BCUT2D eigenvalue weighted by molar-refractivity contribution is 5.97. The summed E-state index contributed by atoms with van der Waals surface area (Å²) in [5.74, 6) is -1.54. The van der Waals surface area contributed by atoms with Crippen LogP contribution in [0.15, 0.2) is 35.9 Å². The standard InChI is InChI=1S/C18H24FN3O2.ClH/c1-12(2)16(18(24)21-11-13-7-9-20-10-8-13)22-17(23)14-5-3-4-6-15(14)19;/h3-7,12,16,20H,8-11H2,1-2H3,(H,21,24)(H,22,23);1H. The van der Waals surface area contributed by atoms with Crippen molar-refractivity contribution >= 4 is 24.2 Å². The lowest BCUT2D eigenvalue weighted by Crippen LogP contribution is -2.50. The molecule has 7 heteroatoms. The minimum absolute atomic E-state index is 0. The van der Waals surface area contributed by atoms with E-state index in [1.54, 1.807) is 6.07 Å². The fourth-order valence-electron chi connectivity index (χ4n) is 2.54. The predicted octanol–water partition coefficient (Wildman–Crippen LogP) is 2.04. The molecule has 1 aliphatic rings. The second kappa shape index (κ2) is 10.2. The molecule has 0 aromatic heterocycles. The molecule has 0 saturated carbocycles. The quantitative estimate of drug-likeness (QED) is 0.672. The SMILES string of the molecule is CC(C)C(NC(=O)c1ccccc1F)C(=O)NCC1=CCNCC1.Cl. The predicted molar refractivity (Wildman–Crippen MR) is 98.3 cm³/mol. The Balaban J connectivity index is 0.00000312. The first kappa shape index (κ1) is 21.1. The van der Waals surface area contributed by atoms with E-state index in [4.69, 9.17) is 0 Å². The van der Waals surface area contributed by atoms with E-state index in [1.807, 2.05) is 13.8 Å². The van der Waals surface area contributed by atoms with E-state index in [0.717, 1.165) is 19.5 Å². The van der Waals surface area contributed by atoms with Crippen molar-refractivity contribution in [2.45, 2.75) is 26.3 Å². The average Bonchev–Trinajstić information content (AvgIpc) is 2.58. The molecule has 1 aliphatic heterocycles. The molecule has 5 nitrogen and oxygen atoms in total. The number of halogens is 2. The molecule has 1 aromatic carbocycles. The molecule has 1 aromatic rings. The maximum atomic E-state index is 13.7. The molecule has 1 unspecified atom stereocenters. The fourth-order valence-corrected chi connectivity index (χ4v) is 2.54. The monoisotopic (exact) mass is 369 g/mol. The first-order valence-electron chi connectivity index (χ1n) is 8.20. The van der Waals surface area contributed by atoms with Gasteiger partial charge in [0.2, 0.25) is 5.91 Å². The number of nitrogens with one attached hydrogen (secondary N) is 3. The topological polar surface area (TPSA) is 70.2 Å². The summed E-state index contributed by atoms with van der Waals surface area (Å²) in [4.78, 5) is 24.7. The maximum Gasteiger partial charge on any atom is 0.254 e. The zero-order chi connectivity index (χ0) is 17.5. The third-order valence-corrected chi connectivity index (χ3v) is 4.00. The van der Waals surface area contributed by atoms with Gasteiger partial charge in [0.25, 0.3) is 5.91 Å². The van der Waals surface area contributed by atoms with Gasteiger partial charge < -0.3 is 16.0 Å². The van der Waals surface area contributed by atoms with Crippen LogP contribution in [0.25, 0.3) is 0 Å². The van der Waals surface area contributed by atoms with Gasteiger partial charge in [0.1, 0.15) is 11.9 Å². The minimum Gasteiger partial charge on any atom is -0.351 e. The highest BCUT2D eigenvalue weighted by Gasteiger charge is 2.25. The zero-order valence-electron chi connectivity index (χ0n) is 14.5. The van der Waals surface area contributed by atoms with Crippen LogP contribution in [0.3, 0.4) is 0 Å². The largest absolute Gasteiger partial charge is 0.351 e. The molecule has 0 saturated heterocycles. The second-order valence-corrected chi connectivity index (χ2v) is 6.21. The van der Waals surface area contributed by atoms with Gasteiger partial charge in [-0.2, -0.15) is 0 Å². The molecule has 0 spiro atoms. The molecule has 0 bridgehead atoms. The van der Waals surface area contributed by atoms with Crippen molar-refractivity contribution in [2.24, 2.45) is 5.92 Å². The third-order valence-electron chi connectivity index (χ3n) is 4.00. The van der Waals surface area contributed by atoms with E-state index in [9.17, 15) is 14.0 Å². The molecule has 3 N–H and O–H groups in total. The van der Waals surface area contributed by atoms with E-state index in [-0.39, 0.29) is 29.8 Å². The summed E-state index contributed by atoms with van der Waals surface area (Å²) >= 11 is 0. The van der Waals surface area contributed by atoms with Crippen molar-refractivity contribution in [2.75, 3.05) is 19.6 Å².